The number of methoxy groups -OCH3 is 2. The van der Waals surface area contributed by atoms with Crippen LogP contribution in [0.3, 0.4) is 0 Å². The van der Waals surface area contributed by atoms with Crippen LogP contribution in [0.15, 0.2) is 24.3 Å². The average Bonchev–Trinajstić information content (AvgIpc) is 3.41. The largest absolute Gasteiger partial charge is 0.497 e. The minimum atomic E-state index is -5.26. The van der Waals surface area contributed by atoms with Gasteiger partial charge in [0.05, 0.1) is 19.8 Å². The molecule has 0 aliphatic heterocycles. The fourth-order valence-electron chi connectivity index (χ4n) is 4.55. The van der Waals surface area contributed by atoms with Crippen LogP contribution in [-0.4, -0.2) is 68.8 Å². The molecule has 3 amide bonds. The van der Waals surface area contributed by atoms with Gasteiger partial charge in [0.15, 0.2) is 0 Å². The molecule has 1 fully saturated rings. The topological polar surface area (TPSA) is 123 Å². The number of Topliss-reactive ketones (excluding diaryl/α,β-unsaturated/α-hetero) is 1. The molecule has 0 spiro atoms. The molecule has 0 heterocycles. The average molecular weight is 598 g/mol. The van der Waals surface area contributed by atoms with E-state index in [1.165, 1.54) is 45.2 Å². The molecule has 15 heteroatoms. The third-order valence-electron chi connectivity index (χ3n) is 6.91. The number of alkyl halides is 6. The molecule has 9 nitrogen and oxygen atoms in total. The van der Waals surface area contributed by atoms with Crippen LogP contribution < -0.4 is 20.7 Å². The van der Waals surface area contributed by atoms with E-state index < -0.39 is 84.8 Å². The van der Waals surface area contributed by atoms with Gasteiger partial charge < -0.3 is 25.4 Å². The molecule has 3 N–H and O–H groups in total. The third-order valence-corrected chi connectivity index (χ3v) is 6.91. The van der Waals surface area contributed by atoms with E-state index >= 15 is 0 Å². The molecule has 1 aromatic carbocycles. The zero-order valence-corrected chi connectivity index (χ0v) is 22.9. The maximum atomic E-state index is 13.9. The minimum absolute atomic E-state index is 0.0451. The predicted octanol–water partition coefficient (Wildman–Crippen LogP) is 3.38. The first-order valence-electron chi connectivity index (χ1n) is 12.7. The molecule has 0 saturated heterocycles. The van der Waals surface area contributed by atoms with Crippen LogP contribution in [0.2, 0.25) is 0 Å². The van der Waals surface area contributed by atoms with Crippen molar-refractivity contribution in [3.63, 3.8) is 0 Å². The lowest BCUT2D eigenvalue weighted by atomic mass is 9.84. The zero-order valence-electron chi connectivity index (χ0n) is 22.9. The van der Waals surface area contributed by atoms with Crippen LogP contribution in [0.5, 0.6) is 5.75 Å². The smallest absolute Gasteiger partial charge is 0.452 e. The minimum Gasteiger partial charge on any atom is -0.497 e. The summed E-state index contributed by atoms with van der Waals surface area (Å²) < 4.78 is 91.1. The maximum absolute atomic E-state index is 13.9. The first-order chi connectivity index (χ1) is 19.0. The highest BCUT2D eigenvalue weighted by Crippen LogP contribution is 2.50. The second kappa shape index (κ2) is 13.5. The van der Waals surface area contributed by atoms with Gasteiger partial charge in [-0.3, -0.25) is 19.2 Å². The first-order valence-corrected chi connectivity index (χ1v) is 12.7. The number of carbonyl (C=O) groups is 4. The Morgan fingerprint density at radius 2 is 1.44 bits per heavy atom. The van der Waals surface area contributed by atoms with Crippen molar-refractivity contribution < 1.29 is 55.0 Å². The summed E-state index contributed by atoms with van der Waals surface area (Å²) in [5.74, 6) is -6.64. The van der Waals surface area contributed by atoms with Crippen LogP contribution in [0.1, 0.15) is 51.1 Å². The molecule has 2 rings (SSSR count). The number of halogens is 6. The van der Waals surface area contributed by atoms with Crippen molar-refractivity contribution in [1.29, 1.82) is 0 Å². The van der Waals surface area contributed by atoms with E-state index in [9.17, 15) is 45.5 Å². The van der Waals surface area contributed by atoms with Gasteiger partial charge in [-0.1, -0.05) is 38.8 Å². The molecule has 1 saturated carbocycles. The van der Waals surface area contributed by atoms with Gasteiger partial charge in [0.1, 0.15) is 23.2 Å². The van der Waals surface area contributed by atoms with Crippen molar-refractivity contribution >= 4 is 23.5 Å². The van der Waals surface area contributed by atoms with Crippen LogP contribution in [-0.2, 0) is 23.9 Å². The van der Waals surface area contributed by atoms with Crippen molar-refractivity contribution in [2.24, 2.45) is 11.3 Å². The highest BCUT2D eigenvalue weighted by atomic mass is 19.4. The van der Waals surface area contributed by atoms with E-state index in [1.54, 1.807) is 0 Å². The molecule has 3 atom stereocenters. The van der Waals surface area contributed by atoms with Crippen LogP contribution >= 0.6 is 0 Å². The van der Waals surface area contributed by atoms with Crippen molar-refractivity contribution in [3.8, 4) is 5.75 Å². The lowest BCUT2D eigenvalue weighted by Crippen LogP contribution is -2.58. The van der Waals surface area contributed by atoms with Crippen LogP contribution in [0, 0.1) is 11.3 Å². The van der Waals surface area contributed by atoms with Gasteiger partial charge in [0.25, 0.3) is 5.78 Å². The standard InChI is InChI=1S/C26H33F6N3O6/c1-14(2)18(20(36)25(27,28)29)34-22(38)19(15-7-9-16(41-4)10-8-15)35-21(37)17(13-40-3)33-23(39)24(26(30,31)32)11-5-6-12-24/h7-10,14,17-19H,5-6,11-13H2,1-4H3,(H,33,39)(H,34,38)(H,35,37). The van der Waals surface area contributed by atoms with E-state index in [2.05, 4.69) is 10.6 Å². The summed E-state index contributed by atoms with van der Waals surface area (Å²) in [6, 6.07) is 0.0204. The summed E-state index contributed by atoms with van der Waals surface area (Å²) in [5, 5.41) is 6.35. The molecule has 41 heavy (non-hydrogen) atoms. The van der Waals surface area contributed by atoms with E-state index in [4.69, 9.17) is 9.47 Å². The predicted molar refractivity (Wildman–Crippen MR) is 132 cm³/mol. The summed E-state index contributed by atoms with van der Waals surface area (Å²) in [4.78, 5) is 51.3. The van der Waals surface area contributed by atoms with Gasteiger partial charge in [-0.2, -0.15) is 26.3 Å². The number of ketones is 1. The van der Waals surface area contributed by atoms with Gasteiger partial charge in [0, 0.05) is 7.11 Å². The van der Waals surface area contributed by atoms with Gasteiger partial charge in [0.2, 0.25) is 17.7 Å². The van der Waals surface area contributed by atoms with E-state index in [1.807, 2.05) is 5.32 Å². The van der Waals surface area contributed by atoms with Gasteiger partial charge >= 0.3 is 12.4 Å². The van der Waals surface area contributed by atoms with Crippen LogP contribution in [0.4, 0.5) is 26.3 Å². The molecular formula is C26H33F6N3O6. The molecule has 1 aliphatic carbocycles. The van der Waals surface area contributed by atoms with E-state index in [0.717, 1.165) is 7.11 Å². The normalized spacial score (nSPS) is 17.3. The Labute approximate surface area is 232 Å². The number of nitrogens with one attached hydrogen (secondary N) is 3. The molecule has 0 aromatic heterocycles. The van der Waals surface area contributed by atoms with Gasteiger partial charge in [-0.25, -0.2) is 0 Å². The summed E-state index contributed by atoms with van der Waals surface area (Å²) in [5.41, 5.74) is -2.65. The quantitative estimate of drug-likeness (QED) is 0.318. The SMILES string of the molecule is COCC(NC(=O)C1(C(F)(F)F)CCCC1)C(=O)NC(C(=O)NC(C(=O)C(F)(F)F)C(C)C)c1ccc(OC)cc1. The van der Waals surface area contributed by atoms with Crippen molar-refractivity contribution in [2.45, 2.75) is 70.0 Å². The summed E-state index contributed by atoms with van der Waals surface area (Å²) in [6.45, 7) is 1.97. The molecule has 230 valence electrons. The van der Waals surface area contributed by atoms with E-state index in [-0.39, 0.29) is 18.4 Å². The summed E-state index contributed by atoms with van der Waals surface area (Å²) in [6.07, 6.45) is -10.8. The Hall–Kier alpha value is -3.36. The maximum Gasteiger partial charge on any atom is 0.452 e. The van der Waals surface area contributed by atoms with Crippen LogP contribution in [0.25, 0.3) is 0 Å². The highest BCUT2D eigenvalue weighted by Gasteiger charge is 2.61. The molecule has 0 bridgehead atoms. The van der Waals surface area contributed by atoms with Crippen molar-refractivity contribution in [2.75, 3.05) is 20.8 Å². The number of hydrogen-bond acceptors (Lipinski definition) is 6. The Morgan fingerprint density at radius 3 is 1.88 bits per heavy atom. The lowest BCUT2D eigenvalue weighted by molar-refractivity contribution is -0.220. The number of hydrogen-bond donors (Lipinski definition) is 3. The number of amides is 3. The first kappa shape index (κ1) is 33.8. The van der Waals surface area contributed by atoms with Gasteiger partial charge in [-0.15, -0.1) is 0 Å². The fourth-order valence-corrected chi connectivity index (χ4v) is 4.55. The molecule has 1 aliphatic rings. The molecule has 3 unspecified atom stereocenters. The van der Waals surface area contributed by atoms with E-state index in [0.29, 0.717) is 5.75 Å². The summed E-state index contributed by atoms with van der Waals surface area (Å²) >= 11 is 0. The second-order valence-electron chi connectivity index (χ2n) is 10.1. The Bertz CT molecular complexity index is 1080. The lowest BCUT2D eigenvalue weighted by Gasteiger charge is -2.32. The monoisotopic (exact) mass is 597 g/mol. The number of carbonyl (C=O) groups excluding carboxylic acids is 4. The Balaban J connectivity index is 2.39. The number of benzene rings is 1. The third kappa shape index (κ3) is 8.11. The Morgan fingerprint density at radius 1 is 0.878 bits per heavy atom. The fraction of sp³-hybridized carbons (Fsp3) is 0.615. The van der Waals surface area contributed by atoms with Gasteiger partial charge in [-0.05, 0) is 36.5 Å². The summed E-state index contributed by atoms with van der Waals surface area (Å²) in [7, 11) is 2.48. The van der Waals surface area contributed by atoms with Crippen molar-refractivity contribution in [3.05, 3.63) is 29.8 Å². The zero-order chi connectivity index (χ0) is 31.2. The molecular weight excluding hydrogens is 564 g/mol. The second-order valence-corrected chi connectivity index (χ2v) is 10.1. The molecule has 0 radical (unpaired) electrons. The number of ether oxygens (including phenoxy) is 2. The number of rotatable bonds is 12. The highest BCUT2D eigenvalue weighted by molar-refractivity contribution is 5.97. The molecule has 1 aromatic rings. The Kier molecular flexibility index (Phi) is 11.2. The van der Waals surface area contributed by atoms with Crippen molar-refractivity contribution in [1.82, 2.24) is 16.0 Å².